The van der Waals surface area contributed by atoms with Crippen LogP contribution in [-0.2, 0) is 13.1 Å². The van der Waals surface area contributed by atoms with Gasteiger partial charge in [-0.25, -0.2) is 0 Å². The topological polar surface area (TPSA) is 47.3 Å². The molecule has 0 aliphatic rings. The van der Waals surface area contributed by atoms with E-state index in [2.05, 4.69) is 26.4 Å². The zero-order chi connectivity index (χ0) is 12.1. The van der Waals surface area contributed by atoms with Crippen LogP contribution in [0.15, 0.2) is 39.5 Å². The van der Waals surface area contributed by atoms with Crippen molar-refractivity contribution in [2.75, 3.05) is 7.11 Å². The summed E-state index contributed by atoms with van der Waals surface area (Å²) in [5.74, 6) is 1.69. The second kappa shape index (κ2) is 5.84. The van der Waals surface area contributed by atoms with Gasteiger partial charge < -0.3 is 14.6 Å². The Morgan fingerprint density at radius 3 is 2.94 bits per heavy atom. The number of rotatable bonds is 5. The Hall–Kier alpha value is -1.33. The van der Waals surface area contributed by atoms with E-state index in [1.165, 1.54) is 0 Å². The maximum absolute atomic E-state index is 5.29. The molecule has 0 atom stereocenters. The van der Waals surface area contributed by atoms with Gasteiger partial charge in [0.1, 0.15) is 11.5 Å². The van der Waals surface area contributed by atoms with Crippen LogP contribution in [0.25, 0.3) is 0 Å². The average Bonchev–Trinajstić information content (AvgIpc) is 2.82. The molecule has 17 heavy (non-hydrogen) atoms. The molecular weight excluding hydrogens is 284 g/mol. The molecule has 0 aliphatic carbocycles. The molecule has 1 aromatic heterocycles. The number of nitrogens with zero attached hydrogens (tertiary/aromatic N) is 1. The monoisotopic (exact) mass is 296 g/mol. The highest BCUT2D eigenvalue weighted by atomic mass is 79.9. The number of nitrogens with one attached hydrogen (secondary N) is 1. The summed E-state index contributed by atoms with van der Waals surface area (Å²) in [6.45, 7) is 1.36. The zero-order valence-electron chi connectivity index (χ0n) is 9.44. The third kappa shape index (κ3) is 3.31. The molecule has 5 heteroatoms. The van der Waals surface area contributed by atoms with Gasteiger partial charge in [0.25, 0.3) is 0 Å². The molecule has 2 aromatic rings. The van der Waals surface area contributed by atoms with Crippen molar-refractivity contribution in [1.29, 1.82) is 0 Å². The van der Waals surface area contributed by atoms with Crippen molar-refractivity contribution in [1.82, 2.24) is 10.5 Å². The molecule has 1 aromatic carbocycles. The molecule has 0 unspecified atom stereocenters. The maximum Gasteiger partial charge on any atom is 0.150 e. The van der Waals surface area contributed by atoms with E-state index in [-0.39, 0.29) is 0 Å². The van der Waals surface area contributed by atoms with Crippen LogP contribution in [0, 0.1) is 0 Å². The van der Waals surface area contributed by atoms with Crippen molar-refractivity contribution in [3.8, 4) is 5.75 Å². The average molecular weight is 297 g/mol. The lowest BCUT2D eigenvalue weighted by molar-refractivity contribution is 0.371. The summed E-state index contributed by atoms with van der Waals surface area (Å²) in [4.78, 5) is 0. The van der Waals surface area contributed by atoms with Crippen molar-refractivity contribution in [3.63, 3.8) is 0 Å². The van der Waals surface area contributed by atoms with Gasteiger partial charge in [-0.2, -0.15) is 0 Å². The van der Waals surface area contributed by atoms with Gasteiger partial charge in [-0.3, -0.25) is 0 Å². The van der Waals surface area contributed by atoms with Crippen molar-refractivity contribution in [2.24, 2.45) is 0 Å². The predicted octanol–water partition coefficient (Wildman–Crippen LogP) is 2.74. The molecule has 0 bridgehead atoms. The quantitative estimate of drug-likeness (QED) is 0.922. The molecule has 0 radical (unpaired) electrons. The predicted molar refractivity (Wildman–Crippen MR) is 67.7 cm³/mol. The van der Waals surface area contributed by atoms with Crippen molar-refractivity contribution in [3.05, 3.63) is 46.3 Å². The van der Waals surface area contributed by atoms with Crippen molar-refractivity contribution >= 4 is 15.9 Å². The standard InChI is InChI=1S/C12H13BrN2O2/c1-16-12-3-2-10(13)6-9(12)7-14-8-11-4-5-15-17-11/h2-6,14H,7-8H2,1H3. The summed E-state index contributed by atoms with van der Waals surface area (Å²) in [6, 6.07) is 7.77. The summed E-state index contributed by atoms with van der Waals surface area (Å²) >= 11 is 3.44. The third-order valence-electron chi connectivity index (χ3n) is 2.35. The molecule has 4 nitrogen and oxygen atoms in total. The Morgan fingerprint density at radius 1 is 1.35 bits per heavy atom. The first-order valence-corrected chi connectivity index (χ1v) is 6.01. The number of hydrogen-bond donors (Lipinski definition) is 1. The molecule has 0 aliphatic heterocycles. The SMILES string of the molecule is COc1ccc(Br)cc1CNCc1ccno1. The lowest BCUT2D eigenvalue weighted by atomic mass is 10.2. The second-order valence-electron chi connectivity index (χ2n) is 3.54. The number of methoxy groups -OCH3 is 1. The number of ether oxygens (including phenoxy) is 1. The van der Waals surface area contributed by atoms with Gasteiger partial charge in [0, 0.05) is 22.6 Å². The lowest BCUT2D eigenvalue weighted by Crippen LogP contribution is -2.12. The van der Waals surface area contributed by atoms with E-state index in [9.17, 15) is 0 Å². The Labute approximate surface area is 108 Å². The molecule has 0 saturated heterocycles. The summed E-state index contributed by atoms with van der Waals surface area (Å²) in [5.41, 5.74) is 1.10. The van der Waals surface area contributed by atoms with Crippen LogP contribution in [0.4, 0.5) is 0 Å². The molecule has 0 spiro atoms. The summed E-state index contributed by atoms with van der Waals surface area (Å²) in [5, 5.41) is 6.92. The minimum Gasteiger partial charge on any atom is -0.496 e. The van der Waals surface area contributed by atoms with E-state index >= 15 is 0 Å². The molecule has 1 N–H and O–H groups in total. The third-order valence-corrected chi connectivity index (χ3v) is 2.84. The van der Waals surface area contributed by atoms with Gasteiger partial charge in [-0.05, 0) is 18.2 Å². The molecule has 90 valence electrons. The zero-order valence-corrected chi connectivity index (χ0v) is 11.0. The van der Waals surface area contributed by atoms with Crippen LogP contribution in [0.3, 0.4) is 0 Å². The van der Waals surface area contributed by atoms with Crippen LogP contribution in [0.1, 0.15) is 11.3 Å². The van der Waals surface area contributed by atoms with Crippen LogP contribution in [-0.4, -0.2) is 12.3 Å². The van der Waals surface area contributed by atoms with Crippen molar-refractivity contribution in [2.45, 2.75) is 13.1 Å². The summed E-state index contributed by atoms with van der Waals surface area (Å²) < 4.78 is 11.3. The van der Waals surface area contributed by atoms with Gasteiger partial charge in [0.2, 0.25) is 0 Å². The van der Waals surface area contributed by atoms with E-state index in [1.54, 1.807) is 13.3 Å². The Bertz CT molecular complexity index is 471. The fourth-order valence-electron chi connectivity index (χ4n) is 1.54. The minimum absolute atomic E-state index is 0.648. The van der Waals surface area contributed by atoms with E-state index in [0.29, 0.717) is 13.1 Å². The Kier molecular flexibility index (Phi) is 4.17. The molecule has 0 fully saturated rings. The molecule has 2 rings (SSSR count). The van der Waals surface area contributed by atoms with Gasteiger partial charge in [-0.1, -0.05) is 21.1 Å². The smallest absolute Gasteiger partial charge is 0.150 e. The van der Waals surface area contributed by atoms with Gasteiger partial charge in [-0.15, -0.1) is 0 Å². The molecular formula is C12H13BrN2O2. The van der Waals surface area contributed by atoms with Gasteiger partial charge in [0.05, 0.1) is 19.9 Å². The van der Waals surface area contributed by atoms with Crippen LogP contribution < -0.4 is 10.1 Å². The molecule has 0 amide bonds. The first kappa shape index (κ1) is 12.1. The number of aromatic nitrogens is 1. The van der Waals surface area contributed by atoms with E-state index in [4.69, 9.17) is 9.26 Å². The first-order chi connectivity index (χ1) is 8.29. The van der Waals surface area contributed by atoms with Crippen LogP contribution >= 0.6 is 15.9 Å². The number of halogens is 1. The molecule has 1 heterocycles. The fraction of sp³-hybridized carbons (Fsp3) is 0.250. The highest BCUT2D eigenvalue weighted by molar-refractivity contribution is 9.10. The Balaban J connectivity index is 1.96. The van der Waals surface area contributed by atoms with Crippen LogP contribution in [0.2, 0.25) is 0 Å². The minimum atomic E-state index is 0.648. The lowest BCUT2D eigenvalue weighted by Gasteiger charge is -2.09. The number of hydrogen-bond acceptors (Lipinski definition) is 4. The fourth-order valence-corrected chi connectivity index (χ4v) is 1.95. The van der Waals surface area contributed by atoms with E-state index in [1.807, 2.05) is 24.3 Å². The van der Waals surface area contributed by atoms with Crippen molar-refractivity contribution < 1.29 is 9.26 Å². The normalized spacial score (nSPS) is 10.5. The maximum atomic E-state index is 5.29. The van der Waals surface area contributed by atoms with Gasteiger partial charge >= 0.3 is 0 Å². The highest BCUT2D eigenvalue weighted by Crippen LogP contribution is 2.22. The highest BCUT2D eigenvalue weighted by Gasteiger charge is 2.04. The molecule has 0 saturated carbocycles. The number of benzene rings is 1. The summed E-state index contributed by atoms with van der Waals surface area (Å²) in [7, 11) is 1.67. The Morgan fingerprint density at radius 2 is 2.24 bits per heavy atom. The largest absolute Gasteiger partial charge is 0.496 e. The van der Waals surface area contributed by atoms with E-state index < -0.39 is 0 Å². The van der Waals surface area contributed by atoms with Crippen LogP contribution in [0.5, 0.6) is 5.75 Å². The summed E-state index contributed by atoms with van der Waals surface area (Å²) in [6.07, 6.45) is 1.64. The first-order valence-electron chi connectivity index (χ1n) is 5.22. The van der Waals surface area contributed by atoms with E-state index in [0.717, 1.165) is 21.5 Å². The second-order valence-corrected chi connectivity index (χ2v) is 4.45. The van der Waals surface area contributed by atoms with Gasteiger partial charge in [0.15, 0.2) is 0 Å².